The fourth-order valence-corrected chi connectivity index (χ4v) is 5.04. The van der Waals surface area contributed by atoms with E-state index in [1.165, 1.54) is 12.3 Å². The Hall–Kier alpha value is -2.46. The first-order valence-corrected chi connectivity index (χ1v) is 11.9. The number of likely N-dealkylation sites (tertiary alicyclic amines) is 1. The molecule has 0 bridgehead atoms. The van der Waals surface area contributed by atoms with Crippen LogP contribution in [0.4, 0.5) is 19.0 Å². The van der Waals surface area contributed by atoms with Crippen LogP contribution >= 0.6 is 0 Å². The van der Waals surface area contributed by atoms with Crippen LogP contribution in [0.15, 0.2) is 24.5 Å². The second-order valence-corrected chi connectivity index (χ2v) is 9.82. The van der Waals surface area contributed by atoms with Gasteiger partial charge in [0.25, 0.3) is 0 Å². The van der Waals surface area contributed by atoms with E-state index in [-0.39, 0.29) is 41.7 Å². The highest BCUT2D eigenvalue weighted by molar-refractivity contribution is 5.91. The summed E-state index contributed by atoms with van der Waals surface area (Å²) in [6.07, 6.45) is 1.70. The van der Waals surface area contributed by atoms with E-state index < -0.39 is 11.7 Å². The van der Waals surface area contributed by atoms with Gasteiger partial charge in [0.2, 0.25) is 5.91 Å². The van der Waals surface area contributed by atoms with Gasteiger partial charge in [0.15, 0.2) is 0 Å². The molecule has 2 aliphatic rings. The van der Waals surface area contributed by atoms with Crippen molar-refractivity contribution in [3.63, 3.8) is 0 Å². The number of anilines is 1. The Morgan fingerprint density at radius 3 is 2.56 bits per heavy atom. The van der Waals surface area contributed by atoms with Gasteiger partial charge in [-0.1, -0.05) is 13.8 Å². The molecule has 0 aromatic carbocycles. The lowest BCUT2D eigenvalue weighted by Gasteiger charge is -2.47. The summed E-state index contributed by atoms with van der Waals surface area (Å²) in [7, 11) is 0. The van der Waals surface area contributed by atoms with Crippen LogP contribution in [0.5, 0.6) is 0 Å². The van der Waals surface area contributed by atoms with Crippen molar-refractivity contribution >= 4 is 22.6 Å². The van der Waals surface area contributed by atoms with Gasteiger partial charge >= 0.3 is 6.18 Å². The summed E-state index contributed by atoms with van der Waals surface area (Å²) >= 11 is 0. The molecule has 10 heteroatoms. The summed E-state index contributed by atoms with van der Waals surface area (Å²) in [5.74, 6) is 0.629. The Bertz CT molecular complexity index is 1000. The fraction of sp³-hybridized carbons (Fsp3) is 0.625. The Labute approximate surface area is 197 Å². The third kappa shape index (κ3) is 5.60. The summed E-state index contributed by atoms with van der Waals surface area (Å²) in [5, 5.41) is 16.4. The molecule has 1 saturated carbocycles. The van der Waals surface area contributed by atoms with Crippen LogP contribution in [0.1, 0.15) is 45.1 Å². The quantitative estimate of drug-likeness (QED) is 0.564. The van der Waals surface area contributed by atoms with Crippen molar-refractivity contribution in [2.75, 3.05) is 25.0 Å². The predicted molar refractivity (Wildman–Crippen MR) is 123 cm³/mol. The van der Waals surface area contributed by atoms with Crippen molar-refractivity contribution in [1.29, 1.82) is 0 Å². The lowest BCUT2D eigenvalue weighted by atomic mass is 9.78. The Morgan fingerprint density at radius 2 is 1.91 bits per heavy atom. The maximum atomic E-state index is 13.0. The molecule has 2 aromatic rings. The first-order valence-electron chi connectivity index (χ1n) is 11.9. The molecule has 186 valence electrons. The van der Waals surface area contributed by atoms with Gasteiger partial charge in [0.1, 0.15) is 5.82 Å². The van der Waals surface area contributed by atoms with Crippen LogP contribution in [0.2, 0.25) is 0 Å². The van der Waals surface area contributed by atoms with E-state index in [0.29, 0.717) is 17.5 Å². The molecule has 2 aromatic heterocycles. The number of rotatable bonds is 7. The Balaban J connectivity index is 1.24. The van der Waals surface area contributed by atoms with Gasteiger partial charge < -0.3 is 15.7 Å². The average molecular weight is 480 g/mol. The third-order valence-corrected chi connectivity index (χ3v) is 7.05. The monoisotopic (exact) mass is 479 g/mol. The minimum atomic E-state index is -4.50. The molecule has 2 fully saturated rings. The van der Waals surface area contributed by atoms with Gasteiger partial charge in [-0.05, 0) is 49.7 Å². The highest BCUT2D eigenvalue weighted by Gasteiger charge is 2.37. The number of amides is 1. The highest BCUT2D eigenvalue weighted by Crippen LogP contribution is 2.34. The number of nitrogens with zero attached hydrogens (tertiary/aromatic N) is 3. The standard InChI is InChI=1S/C24H32F3N5O2/c1-14(2)22(34)15-3-5-18(6-4-15)32-12-17(13-32)31-21(33)11-30-23-19-9-16(24(25,26)27)10-29-20(19)7-8-28-23/h7-10,14-15,17-18,22,34H,3-6,11-13H2,1-2H3,(H,28,30)(H,31,33)/t15-,18+,22?. The van der Waals surface area contributed by atoms with E-state index in [1.807, 2.05) is 0 Å². The highest BCUT2D eigenvalue weighted by atomic mass is 19.4. The molecule has 1 aliphatic heterocycles. The second kappa shape index (κ2) is 10.0. The molecule has 1 amide bonds. The molecule has 0 radical (unpaired) electrons. The zero-order valence-corrected chi connectivity index (χ0v) is 19.5. The number of nitrogens with one attached hydrogen (secondary N) is 2. The Kier molecular flexibility index (Phi) is 7.28. The van der Waals surface area contributed by atoms with Gasteiger partial charge in [-0.15, -0.1) is 0 Å². The molecule has 1 saturated heterocycles. The average Bonchev–Trinajstić information content (AvgIpc) is 2.78. The van der Waals surface area contributed by atoms with Crippen molar-refractivity contribution in [3.05, 3.63) is 30.1 Å². The molecule has 4 rings (SSSR count). The molecule has 1 aliphatic carbocycles. The predicted octanol–water partition coefficient (Wildman–Crippen LogP) is 3.44. The first-order chi connectivity index (χ1) is 16.1. The van der Waals surface area contributed by atoms with Gasteiger partial charge in [-0.2, -0.15) is 13.2 Å². The second-order valence-electron chi connectivity index (χ2n) is 9.82. The van der Waals surface area contributed by atoms with Crippen molar-refractivity contribution < 1.29 is 23.1 Å². The minimum absolute atomic E-state index is 0.0623. The maximum absolute atomic E-state index is 13.0. The third-order valence-electron chi connectivity index (χ3n) is 7.05. The van der Waals surface area contributed by atoms with Gasteiger partial charge in [-0.25, -0.2) is 4.98 Å². The summed E-state index contributed by atoms with van der Waals surface area (Å²) in [4.78, 5) is 22.7. The topological polar surface area (TPSA) is 90.4 Å². The number of aliphatic hydroxyl groups is 1. The number of halogens is 3. The number of hydrogen-bond donors (Lipinski definition) is 3. The molecule has 7 nitrogen and oxygen atoms in total. The maximum Gasteiger partial charge on any atom is 0.417 e. The smallest absolute Gasteiger partial charge is 0.393 e. The SMILES string of the molecule is CC(C)C(O)[C@H]1CC[C@@H](N2CC(NC(=O)CNc3nccc4ncc(C(F)(F)F)cc34)C2)CC1. The largest absolute Gasteiger partial charge is 0.417 e. The van der Waals surface area contributed by atoms with E-state index in [9.17, 15) is 23.1 Å². The van der Waals surface area contributed by atoms with Crippen LogP contribution in [0.25, 0.3) is 10.9 Å². The molecule has 3 heterocycles. The molecule has 3 N–H and O–H groups in total. The van der Waals surface area contributed by atoms with Crippen LogP contribution in [-0.4, -0.2) is 63.7 Å². The lowest BCUT2D eigenvalue weighted by Crippen LogP contribution is -2.63. The fourth-order valence-electron chi connectivity index (χ4n) is 5.04. The molecular formula is C24H32F3N5O2. The van der Waals surface area contributed by atoms with E-state index in [2.05, 4.69) is 39.3 Å². The molecule has 34 heavy (non-hydrogen) atoms. The van der Waals surface area contributed by atoms with Gasteiger partial charge in [0, 0.05) is 36.9 Å². The normalized spacial score (nSPS) is 23.0. The molecular weight excluding hydrogens is 447 g/mol. The van der Waals surface area contributed by atoms with Crippen LogP contribution in [0.3, 0.4) is 0 Å². The first kappa shape index (κ1) is 24.7. The van der Waals surface area contributed by atoms with Crippen molar-refractivity contribution in [1.82, 2.24) is 20.2 Å². The van der Waals surface area contributed by atoms with Crippen LogP contribution in [0, 0.1) is 11.8 Å². The number of aromatic nitrogens is 2. The number of carbonyl (C=O) groups is 1. The zero-order valence-electron chi connectivity index (χ0n) is 19.5. The van der Waals surface area contributed by atoms with Gasteiger partial charge in [-0.3, -0.25) is 14.7 Å². The van der Waals surface area contributed by atoms with E-state index in [4.69, 9.17) is 0 Å². The van der Waals surface area contributed by atoms with Crippen molar-refractivity contribution in [2.45, 2.75) is 63.9 Å². The van der Waals surface area contributed by atoms with E-state index >= 15 is 0 Å². The number of carbonyl (C=O) groups excluding carboxylic acids is 1. The summed E-state index contributed by atoms with van der Waals surface area (Å²) in [5.41, 5.74) is -0.487. The number of aliphatic hydroxyl groups excluding tert-OH is 1. The van der Waals surface area contributed by atoms with Crippen molar-refractivity contribution in [2.24, 2.45) is 11.8 Å². The number of hydrogen-bond acceptors (Lipinski definition) is 6. The zero-order chi connectivity index (χ0) is 24.5. The number of pyridine rings is 2. The Morgan fingerprint density at radius 1 is 1.21 bits per heavy atom. The van der Waals surface area contributed by atoms with E-state index in [1.54, 1.807) is 0 Å². The lowest BCUT2D eigenvalue weighted by molar-refractivity contribution is -0.137. The van der Waals surface area contributed by atoms with Crippen LogP contribution < -0.4 is 10.6 Å². The number of alkyl halides is 3. The summed E-state index contributed by atoms with van der Waals surface area (Å²) < 4.78 is 39.1. The van der Waals surface area contributed by atoms with Crippen molar-refractivity contribution in [3.8, 4) is 0 Å². The molecule has 1 unspecified atom stereocenters. The van der Waals surface area contributed by atoms with E-state index in [0.717, 1.165) is 51.0 Å². The van der Waals surface area contributed by atoms with Crippen LogP contribution in [-0.2, 0) is 11.0 Å². The molecule has 0 spiro atoms. The number of fused-ring (bicyclic) bond motifs is 1. The van der Waals surface area contributed by atoms with Gasteiger partial charge in [0.05, 0.1) is 29.8 Å². The summed E-state index contributed by atoms with van der Waals surface area (Å²) in [6.45, 7) is 5.61. The summed E-state index contributed by atoms with van der Waals surface area (Å²) in [6, 6.07) is 3.08. The molecule has 1 atom stereocenters. The minimum Gasteiger partial charge on any atom is -0.393 e.